The molecule has 1 fully saturated rings. The fraction of sp³-hybridized carbons (Fsp3) is 0.368. The summed E-state index contributed by atoms with van der Waals surface area (Å²) in [7, 11) is 0. The molecule has 9 heteroatoms. The number of aromatic amines is 1. The molecule has 0 radical (unpaired) electrons. The van der Waals surface area contributed by atoms with Crippen molar-refractivity contribution in [1.29, 1.82) is 0 Å². The number of anilines is 1. The predicted molar refractivity (Wildman–Crippen MR) is 115 cm³/mol. The summed E-state index contributed by atoms with van der Waals surface area (Å²) < 4.78 is 1.15. The zero-order chi connectivity index (χ0) is 19.3. The standard InChI is InChI=1S/C19H20N6OS2/c1-11-12(2)28-19-15(11)18(26)22-14(23-19)9-24-4-6-25(7-5-24)17-16-13(3-8-27-16)20-10-21-17/h3,8,10H,4-7,9H2,1-2H3,(H,22,23,26). The van der Waals surface area contributed by atoms with Crippen molar-refractivity contribution in [3.8, 4) is 0 Å². The first-order chi connectivity index (χ1) is 13.6. The minimum absolute atomic E-state index is 0.0263. The van der Waals surface area contributed by atoms with E-state index < -0.39 is 0 Å². The Morgan fingerprint density at radius 3 is 2.82 bits per heavy atom. The quantitative estimate of drug-likeness (QED) is 0.557. The van der Waals surface area contributed by atoms with Crippen molar-refractivity contribution in [2.24, 2.45) is 0 Å². The van der Waals surface area contributed by atoms with E-state index in [1.807, 2.05) is 19.9 Å². The molecule has 1 N–H and O–H groups in total. The predicted octanol–water partition coefficient (Wildman–Crippen LogP) is 2.93. The molecule has 0 aliphatic carbocycles. The molecule has 0 unspecified atom stereocenters. The summed E-state index contributed by atoms with van der Waals surface area (Å²) in [6.45, 7) is 8.29. The Morgan fingerprint density at radius 1 is 1.18 bits per heavy atom. The van der Waals surface area contributed by atoms with Crippen molar-refractivity contribution < 1.29 is 0 Å². The van der Waals surface area contributed by atoms with Crippen LogP contribution in [0.15, 0.2) is 22.6 Å². The molecular weight excluding hydrogens is 392 g/mol. The minimum Gasteiger partial charge on any atom is -0.353 e. The Hall–Kier alpha value is -2.36. The molecule has 5 heterocycles. The zero-order valence-electron chi connectivity index (χ0n) is 15.7. The molecule has 144 valence electrons. The lowest BCUT2D eigenvalue weighted by Gasteiger charge is -2.35. The van der Waals surface area contributed by atoms with Crippen LogP contribution in [0.5, 0.6) is 0 Å². The first-order valence-corrected chi connectivity index (χ1v) is 10.9. The lowest BCUT2D eigenvalue weighted by atomic mass is 10.2. The summed E-state index contributed by atoms with van der Waals surface area (Å²) >= 11 is 3.29. The van der Waals surface area contributed by atoms with Gasteiger partial charge < -0.3 is 9.88 Å². The van der Waals surface area contributed by atoms with E-state index in [2.05, 4.69) is 30.1 Å². The first-order valence-electron chi connectivity index (χ1n) is 9.24. The van der Waals surface area contributed by atoms with Crippen molar-refractivity contribution in [2.45, 2.75) is 20.4 Å². The van der Waals surface area contributed by atoms with Crippen LogP contribution in [-0.4, -0.2) is 51.0 Å². The molecule has 0 spiro atoms. The number of hydrogen-bond acceptors (Lipinski definition) is 8. The Labute approximate surface area is 169 Å². The maximum Gasteiger partial charge on any atom is 0.259 e. The summed E-state index contributed by atoms with van der Waals surface area (Å²) in [6, 6.07) is 2.04. The zero-order valence-corrected chi connectivity index (χ0v) is 17.4. The van der Waals surface area contributed by atoms with E-state index >= 15 is 0 Å². The second-order valence-corrected chi connectivity index (χ2v) is 9.19. The molecule has 0 atom stereocenters. The summed E-state index contributed by atoms with van der Waals surface area (Å²) in [5.41, 5.74) is 2.02. The van der Waals surface area contributed by atoms with E-state index in [-0.39, 0.29) is 5.56 Å². The average Bonchev–Trinajstić information content (AvgIpc) is 3.27. The van der Waals surface area contributed by atoms with Gasteiger partial charge in [-0.2, -0.15) is 0 Å². The molecule has 1 saturated heterocycles. The fourth-order valence-electron chi connectivity index (χ4n) is 3.70. The van der Waals surface area contributed by atoms with Crippen LogP contribution in [-0.2, 0) is 6.54 Å². The largest absolute Gasteiger partial charge is 0.353 e. The van der Waals surface area contributed by atoms with Crippen LogP contribution in [0.25, 0.3) is 20.4 Å². The second-order valence-electron chi connectivity index (χ2n) is 7.07. The van der Waals surface area contributed by atoms with Gasteiger partial charge in [-0.3, -0.25) is 9.69 Å². The number of hydrogen-bond donors (Lipinski definition) is 1. The molecular formula is C19H20N6OS2. The number of aryl methyl sites for hydroxylation is 2. The number of fused-ring (bicyclic) bond motifs is 2. The van der Waals surface area contributed by atoms with Gasteiger partial charge in [-0.15, -0.1) is 22.7 Å². The Morgan fingerprint density at radius 2 is 2.00 bits per heavy atom. The third-order valence-corrected chi connectivity index (χ3v) is 7.36. The second kappa shape index (κ2) is 6.91. The van der Waals surface area contributed by atoms with Gasteiger partial charge in [0.2, 0.25) is 0 Å². The van der Waals surface area contributed by atoms with Gasteiger partial charge in [-0.25, -0.2) is 15.0 Å². The van der Waals surface area contributed by atoms with Crippen molar-refractivity contribution in [2.75, 3.05) is 31.1 Å². The van der Waals surface area contributed by atoms with E-state index in [4.69, 9.17) is 4.98 Å². The van der Waals surface area contributed by atoms with Gasteiger partial charge >= 0.3 is 0 Å². The van der Waals surface area contributed by atoms with Crippen LogP contribution in [0.3, 0.4) is 0 Å². The number of thiophene rings is 2. The molecule has 0 aromatic carbocycles. The van der Waals surface area contributed by atoms with Crippen molar-refractivity contribution in [3.63, 3.8) is 0 Å². The number of nitrogens with one attached hydrogen (secondary N) is 1. The normalized spacial score (nSPS) is 15.7. The SMILES string of the molecule is Cc1sc2nc(CN3CCN(c4ncnc5ccsc45)CC3)[nH]c(=O)c2c1C. The molecule has 7 nitrogen and oxygen atoms in total. The number of rotatable bonds is 3. The van der Waals surface area contributed by atoms with Crippen LogP contribution in [0.4, 0.5) is 5.82 Å². The average molecular weight is 413 g/mol. The van der Waals surface area contributed by atoms with E-state index in [9.17, 15) is 4.79 Å². The molecule has 5 rings (SSSR count). The number of piperazine rings is 1. The Balaban J connectivity index is 1.32. The van der Waals surface area contributed by atoms with E-state index in [1.54, 1.807) is 29.0 Å². The van der Waals surface area contributed by atoms with E-state index in [1.165, 1.54) is 0 Å². The molecule has 28 heavy (non-hydrogen) atoms. The Kier molecular flexibility index (Phi) is 4.37. The Bertz CT molecular complexity index is 1220. The van der Waals surface area contributed by atoms with Gasteiger partial charge in [0, 0.05) is 31.1 Å². The molecule has 4 aromatic rings. The van der Waals surface area contributed by atoms with Crippen LogP contribution in [0, 0.1) is 13.8 Å². The molecule has 4 aromatic heterocycles. The van der Waals surface area contributed by atoms with Crippen LogP contribution < -0.4 is 10.5 Å². The highest BCUT2D eigenvalue weighted by Crippen LogP contribution is 2.29. The third kappa shape index (κ3) is 2.99. The minimum atomic E-state index is -0.0263. The van der Waals surface area contributed by atoms with Crippen molar-refractivity contribution in [3.05, 3.63) is 44.4 Å². The highest BCUT2D eigenvalue weighted by molar-refractivity contribution is 7.18. The summed E-state index contributed by atoms with van der Waals surface area (Å²) in [6.07, 6.45) is 1.64. The first kappa shape index (κ1) is 17.7. The van der Waals surface area contributed by atoms with E-state index in [0.717, 1.165) is 68.7 Å². The third-order valence-electron chi connectivity index (χ3n) is 5.36. The van der Waals surface area contributed by atoms with Crippen LogP contribution >= 0.6 is 22.7 Å². The van der Waals surface area contributed by atoms with Crippen LogP contribution in [0.1, 0.15) is 16.3 Å². The highest BCUT2D eigenvalue weighted by atomic mass is 32.1. The lowest BCUT2D eigenvalue weighted by Crippen LogP contribution is -2.46. The van der Waals surface area contributed by atoms with E-state index in [0.29, 0.717) is 6.54 Å². The monoisotopic (exact) mass is 412 g/mol. The fourth-order valence-corrected chi connectivity index (χ4v) is 5.62. The van der Waals surface area contributed by atoms with Gasteiger partial charge in [0.15, 0.2) is 0 Å². The highest BCUT2D eigenvalue weighted by Gasteiger charge is 2.21. The maximum atomic E-state index is 12.5. The van der Waals surface area contributed by atoms with Crippen LogP contribution in [0.2, 0.25) is 0 Å². The smallest absolute Gasteiger partial charge is 0.259 e. The number of aromatic nitrogens is 4. The molecule has 0 bridgehead atoms. The summed E-state index contributed by atoms with van der Waals surface area (Å²) in [5.74, 6) is 1.77. The van der Waals surface area contributed by atoms with Gasteiger partial charge in [-0.1, -0.05) is 0 Å². The maximum absolute atomic E-state index is 12.5. The topological polar surface area (TPSA) is 78.0 Å². The van der Waals surface area contributed by atoms with Gasteiger partial charge in [0.05, 0.1) is 22.1 Å². The molecule has 0 amide bonds. The summed E-state index contributed by atoms with van der Waals surface area (Å²) in [4.78, 5) is 35.7. The van der Waals surface area contributed by atoms with Gasteiger partial charge in [0.1, 0.15) is 22.8 Å². The van der Waals surface area contributed by atoms with Gasteiger partial charge in [-0.05, 0) is 30.9 Å². The van der Waals surface area contributed by atoms with Crippen molar-refractivity contribution in [1.82, 2.24) is 24.8 Å². The van der Waals surface area contributed by atoms with Gasteiger partial charge in [0.25, 0.3) is 5.56 Å². The lowest BCUT2D eigenvalue weighted by molar-refractivity contribution is 0.244. The number of H-pyrrole nitrogens is 1. The summed E-state index contributed by atoms with van der Waals surface area (Å²) in [5, 5.41) is 2.80. The molecule has 1 aliphatic rings. The number of nitrogens with zero attached hydrogens (tertiary/aromatic N) is 5. The van der Waals surface area contributed by atoms with Crippen molar-refractivity contribution >= 4 is 48.9 Å². The molecule has 1 aliphatic heterocycles. The molecule has 0 saturated carbocycles.